The molecular formula is C28H35BN4O8. The number of Topliss-reactive ketones (excluding diaryl/α,β-unsaturated/α-hetero) is 1. The van der Waals surface area contributed by atoms with Crippen LogP contribution in [0.2, 0.25) is 5.82 Å². The van der Waals surface area contributed by atoms with Crippen molar-refractivity contribution < 1.29 is 38.4 Å². The standard InChI is InChI=1S/C28H35BN4O8/c1-18(2)12-20(29-40-25(36)16-28(41-29,27(38)39)15-24(35)33(3)4)14-23(34)21(13-19-8-6-5-7-9-19)32-26(37)22-17-30-10-11-31-22/h5-11,17-18,20-21H,12-16H2,1-4H3,(H,32,37)(H,38,39)/t20-,21+,28-/m1/s1. The number of carbonyl (C=O) groups excluding carboxylic acids is 4. The van der Waals surface area contributed by atoms with Crippen molar-refractivity contribution >= 4 is 36.7 Å². The van der Waals surface area contributed by atoms with Crippen LogP contribution in [0.5, 0.6) is 0 Å². The minimum Gasteiger partial charge on any atom is -0.509 e. The lowest BCUT2D eigenvalue weighted by atomic mass is 9.63. The van der Waals surface area contributed by atoms with E-state index in [-0.39, 0.29) is 30.2 Å². The largest absolute Gasteiger partial charge is 0.531 e. The minimum absolute atomic E-state index is 0.0152. The van der Waals surface area contributed by atoms with Crippen molar-refractivity contribution in [2.45, 2.75) is 63.4 Å². The number of hydrogen-bond donors (Lipinski definition) is 2. The van der Waals surface area contributed by atoms with Crippen molar-refractivity contribution in [3.8, 4) is 0 Å². The van der Waals surface area contributed by atoms with Crippen LogP contribution in [0.4, 0.5) is 0 Å². The van der Waals surface area contributed by atoms with Gasteiger partial charge in [0, 0.05) is 38.7 Å². The highest BCUT2D eigenvalue weighted by atomic mass is 16.6. The molecule has 2 aromatic rings. The molecule has 0 spiro atoms. The topological polar surface area (TPSA) is 165 Å². The van der Waals surface area contributed by atoms with E-state index in [4.69, 9.17) is 9.31 Å². The SMILES string of the molecule is CC(C)C[C@H](CC(=O)[C@H](Cc1ccccc1)NC(=O)c1cnccn1)B1OC(=O)C[C@](CC(=O)N(C)C)(C(=O)O)O1. The van der Waals surface area contributed by atoms with Gasteiger partial charge >= 0.3 is 13.1 Å². The number of ketones is 1. The van der Waals surface area contributed by atoms with E-state index < -0.39 is 61.2 Å². The lowest BCUT2D eigenvalue weighted by molar-refractivity contribution is -0.173. The van der Waals surface area contributed by atoms with Gasteiger partial charge in [-0.3, -0.25) is 24.2 Å². The zero-order valence-corrected chi connectivity index (χ0v) is 23.6. The summed E-state index contributed by atoms with van der Waals surface area (Å²) in [5.41, 5.74) is -1.29. The van der Waals surface area contributed by atoms with E-state index in [1.165, 1.54) is 37.6 Å². The third kappa shape index (κ3) is 8.68. The molecule has 1 aliphatic rings. The third-order valence-corrected chi connectivity index (χ3v) is 6.74. The van der Waals surface area contributed by atoms with Crippen LogP contribution < -0.4 is 5.32 Å². The summed E-state index contributed by atoms with van der Waals surface area (Å²) in [7, 11) is 1.56. The van der Waals surface area contributed by atoms with E-state index in [9.17, 15) is 29.1 Å². The normalized spacial score (nSPS) is 18.3. The Labute approximate surface area is 239 Å². The van der Waals surface area contributed by atoms with Crippen LogP contribution in [0.25, 0.3) is 0 Å². The average molecular weight is 566 g/mol. The number of aliphatic carboxylic acids is 1. The summed E-state index contributed by atoms with van der Waals surface area (Å²) < 4.78 is 11.3. The summed E-state index contributed by atoms with van der Waals surface area (Å²) in [4.78, 5) is 73.3. The van der Waals surface area contributed by atoms with Crippen LogP contribution in [0, 0.1) is 5.92 Å². The van der Waals surface area contributed by atoms with E-state index >= 15 is 0 Å². The first-order chi connectivity index (χ1) is 19.4. The van der Waals surface area contributed by atoms with Gasteiger partial charge in [-0.05, 0) is 24.3 Å². The lowest BCUT2D eigenvalue weighted by Gasteiger charge is -2.38. The highest BCUT2D eigenvalue weighted by Crippen LogP contribution is 2.36. The van der Waals surface area contributed by atoms with Gasteiger partial charge in [-0.1, -0.05) is 44.2 Å². The first-order valence-corrected chi connectivity index (χ1v) is 13.3. The summed E-state index contributed by atoms with van der Waals surface area (Å²) in [5, 5.41) is 12.8. The lowest BCUT2D eigenvalue weighted by Crippen LogP contribution is -2.57. The minimum atomic E-state index is -2.14. The molecule has 1 aromatic carbocycles. The third-order valence-electron chi connectivity index (χ3n) is 6.74. The molecule has 0 radical (unpaired) electrons. The molecule has 3 atom stereocenters. The molecule has 0 saturated carbocycles. The Kier molecular flexibility index (Phi) is 10.7. The second-order valence-corrected chi connectivity index (χ2v) is 10.8. The summed E-state index contributed by atoms with van der Waals surface area (Å²) in [5.74, 6) is -4.53. The van der Waals surface area contributed by atoms with Crippen molar-refractivity contribution in [1.82, 2.24) is 20.2 Å². The molecule has 218 valence electrons. The van der Waals surface area contributed by atoms with E-state index in [1.807, 2.05) is 44.2 Å². The maximum Gasteiger partial charge on any atom is 0.531 e. The summed E-state index contributed by atoms with van der Waals surface area (Å²) in [6.07, 6.45) is 3.20. The molecule has 1 aliphatic heterocycles. The molecule has 2 heterocycles. The molecule has 3 rings (SSSR count). The Morgan fingerprint density at radius 1 is 1.15 bits per heavy atom. The molecule has 1 saturated heterocycles. The first kappa shape index (κ1) is 31.4. The number of carbonyl (C=O) groups is 5. The smallest absolute Gasteiger partial charge is 0.509 e. The molecule has 0 aliphatic carbocycles. The van der Waals surface area contributed by atoms with Crippen LogP contribution in [-0.4, -0.2) is 82.4 Å². The molecule has 0 bridgehead atoms. The van der Waals surface area contributed by atoms with E-state index in [0.29, 0.717) is 6.42 Å². The van der Waals surface area contributed by atoms with Crippen LogP contribution in [0.15, 0.2) is 48.9 Å². The van der Waals surface area contributed by atoms with Crippen molar-refractivity contribution in [1.29, 1.82) is 0 Å². The Morgan fingerprint density at radius 2 is 1.85 bits per heavy atom. The van der Waals surface area contributed by atoms with E-state index in [2.05, 4.69) is 15.3 Å². The van der Waals surface area contributed by atoms with Gasteiger partial charge in [0.2, 0.25) is 5.91 Å². The highest BCUT2D eigenvalue weighted by Gasteiger charge is 2.54. The zero-order valence-electron chi connectivity index (χ0n) is 23.6. The zero-order chi connectivity index (χ0) is 30.2. The number of nitrogens with zero attached hydrogens (tertiary/aromatic N) is 3. The number of rotatable bonds is 13. The Balaban J connectivity index is 1.88. The fraction of sp³-hybridized carbons (Fsp3) is 0.464. The predicted octanol–water partition coefficient (Wildman–Crippen LogP) is 1.95. The van der Waals surface area contributed by atoms with Crippen molar-refractivity contribution in [3.05, 3.63) is 60.2 Å². The second kappa shape index (κ2) is 14.0. The number of aromatic nitrogens is 2. The maximum absolute atomic E-state index is 13.8. The molecule has 12 nitrogen and oxygen atoms in total. The second-order valence-electron chi connectivity index (χ2n) is 10.8. The molecular weight excluding hydrogens is 531 g/mol. The highest BCUT2D eigenvalue weighted by molar-refractivity contribution is 6.50. The number of benzene rings is 1. The molecule has 41 heavy (non-hydrogen) atoms. The molecule has 2 N–H and O–H groups in total. The van der Waals surface area contributed by atoms with Crippen molar-refractivity contribution in [2.75, 3.05) is 14.1 Å². The van der Waals surface area contributed by atoms with Gasteiger partial charge < -0.3 is 24.6 Å². The van der Waals surface area contributed by atoms with Gasteiger partial charge in [-0.15, -0.1) is 0 Å². The Hall–Kier alpha value is -4.13. The fourth-order valence-electron chi connectivity index (χ4n) is 4.63. The number of amides is 2. The van der Waals surface area contributed by atoms with Crippen molar-refractivity contribution in [3.63, 3.8) is 0 Å². The molecule has 2 amide bonds. The monoisotopic (exact) mass is 566 g/mol. The number of carboxylic acids is 1. The Morgan fingerprint density at radius 3 is 2.44 bits per heavy atom. The van der Waals surface area contributed by atoms with Gasteiger partial charge in [-0.2, -0.15) is 0 Å². The first-order valence-electron chi connectivity index (χ1n) is 13.3. The summed E-state index contributed by atoms with van der Waals surface area (Å²) in [6.45, 7) is 3.80. The summed E-state index contributed by atoms with van der Waals surface area (Å²) >= 11 is 0. The van der Waals surface area contributed by atoms with Crippen molar-refractivity contribution in [2.24, 2.45) is 5.92 Å². The maximum atomic E-state index is 13.8. The van der Waals surface area contributed by atoms with Gasteiger partial charge in [0.1, 0.15) is 5.69 Å². The predicted molar refractivity (Wildman–Crippen MR) is 147 cm³/mol. The van der Waals surface area contributed by atoms with E-state index in [1.54, 1.807) is 0 Å². The van der Waals surface area contributed by atoms with Crippen LogP contribution >= 0.6 is 0 Å². The fourth-order valence-corrected chi connectivity index (χ4v) is 4.63. The average Bonchev–Trinajstić information content (AvgIpc) is 2.92. The molecule has 1 fully saturated rings. The molecule has 0 unspecified atom stereocenters. The number of nitrogens with one attached hydrogen (secondary N) is 1. The molecule has 1 aromatic heterocycles. The van der Waals surface area contributed by atoms with Crippen LogP contribution in [-0.2, 0) is 34.9 Å². The number of carboxylic acid groups (broad SMARTS) is 1. The van der Waals surface area contributed by atoms with Crippen LogP contribution in [0.3, 0.4) is 0 Å². The van der Waals surface area contributed by atoms with Gasteiger partial charge in [-0.25, -0.2) is 9.78 Å². The quantitative estimate of drug-likeness (QED) is 0.342. The number of hydrogen-bond acceptors (Lipinski definition) is 9. The molecule has 13 heteroatoms. The summed E-state index contributed by atoms with van der Waals surface area (Å²) in [6, 6.07) is 8.16. The van der Waals surface area contributed by atoms with Crippen LogP contribution in [0.1, 0.15) is 55.6 Å². The van der Waals surface area contributed by atoms with Gasteiger partial charge in [0.05, 0.1) is 25.1 Å². The van der Waals surface area contributed by atoms with Gasteiger partial charge in [0.25, 0.3) is 11.9 Å². The Bertz CT molecular complexity index is 1240. The van der Waals surface area contributed by atoms with Gasteiger partial charge in [0.15, 0.2) is 11.4 Å². The van der Waals surface area contributed by atoms with E-state index in [0.717, 1.165) is 5.56 Å².